The first kappa shape index (κ1) is 24.8. The van der Waals surface area contributed by atoms with Crippen LogP contribution in [-0.2, 0) is 6.54 Å². The van der Waals surface area contributed by atoms with Crippen molar-refractivity contribution in [1.29, 1.82) is 0 Å². The SMILES string of the molecule is CCCC[C@@H]([C@@H](O)c1ccc2c(Cl)c(OC)ccc2c1)N1CCN(Cc2ccc(N)cc2)CC1. The molecule has 1 saturated heterocycles. The molecule has 3 aromatic carbocycles. The number of unbranched alkanes of at least 4 members (excludes halogenated alkanes) is 1. The molecule has 6 heteroatoms. The fraction of sp³-hybridized carbons (Fsp3) is 0.429. The van der Waals surface area contributed by atoms with Gasteiger partial charge in [-0.15, -0.1) is 0 Å². The number of nitrogens with zero attached hydrogens (tertiary/aromatic N) is 2. The van der Waals surface area contributed by atoms with E-state index in [-0.39, 0.29) is 6.04 Å². The summed E-state index contributed by atoms with van der Waals surface area (Å²) in [5.74, 6) is 0.667. The molecule has 1 aliphatic rings. The van der Waals surface area contributed by atoms with Gasteiger partial charge in [0.2, 0.25) is 0 Å². The van der Waals surface area contributed by atoms with Gasteiger partial charge in [-0.25, -0.2) is 0 Å². The summed E-state index contributed by atoms with van der Waals surface area (Å²) in [5, 5.41) is 14.1. The summed E-state index contributed by atoms with van der Waals surface area (Å²) < 4.78 is 5.35. The van der Waals surface area contributed by atoms with Gasteiger partial charge in [0.25, 0.3) is 0 Å². The maximum atomic E-state index is 11.5. The number of aliphatic hydroxyl groups is 1. The number of halogens is 1. The van der Waals surface area contributed by atoms with Crippen LogP contribution in [0, 0.1) is 0 Å². The molecule has 0 amide bonds. The lowest BCUT2D eigenvalue weighted by Gasteiger charge is -2.41. The van der Waals surface area contributed by atoms with Crippen LogP contribution in [-0.4, -0.2) is 54.2 Å². The van der Waals surface area contributed by atoms with Gasteiger partial charge in [-0.1, -0.05) is 61.7 Å². The summed E-state index contributed by atoms with van der Waals surface area (Å²) >= 11 is 6.50. The van der Waals surface area contributed by atoms with E-state index >= 15 is 0 Å². The standard InChI is InChI=1S/C28H36ClN3O2/c1-3-4-5-25(32-16-14-31(15-17-32)19-20-6-10-23(30)11-7-20)28(33)22-8-12-24-21(18-22)9-13-26(34-2)27(24)29/h6-13,18,25,28,33H,3-5,14-17,19,30H2,1-2H3/t25-,28-/m0/s1. The van der Waals surface area contributed by atoms with Crippen LogP contribution in [0.15, 0.2) is 54.6 Å². The zero-order chi connectivity index (χ0) is 24.1. The van der Waals surface area contributed by atoms with Gasteiger partial charge in [0.15, 0.2) is 0 Å². The summed E-state index contributed by atoms with van der Waals surface area (Å²) in [4.78, 5) is 4.96. The van der Waals surface area contributed by atoms with Crippen LogP contribution in [0.5, 0.6) is 5.75 Å². The average Bonchev–Trinajstić information content (AvgIpc) is 2.86. The highest BCUT2D eigenvalue weighted by atomic mass is 35.5. The van der Waals surface area contributed by atoms with Crippen molar-refractivity contribution in [3.8, 4) is 5.75 Å². The Kier molecular flexibility index (Phi) is 8.32. The van der Waals surface area contributed by atoms with Crippen LogP contribution < -0.4 is 10.5 Å². The molecule has 34 heavy (non-hydrogen) atoms. The highest BCUT2D eigenvalue weighted by Gasteiger charge is 2.30. The molecule has 0 aliphatic carbocycles. The third-order valence-electron chi connectivity index (χ3n) is 6.98. The Balaban J connectivity index is 1.46. The van der Waals surface area contributed by atoms with E-state index in [4.69, 9.17) is 22.1 Å². The Bertz CT molecular complexity index is 1080. The molecule has 3 N–H and O–H groups in total. The number of ether oxygens (including phenoxy) is 1. The number of nitrogen functional groups attached to an aromatic ring is 1. The maximum absolute atomic E-state index is 11.5. The largest absolute Gasteiger partial charge is 0.495 e. The number of aliphatic hydroxyl groups excluding tert-OH is 1. The molecule has 1 fully saturated rings. The summed E-state index contributed by atoms with van der Waals surface area (Å²) in [7, 11) is 1.62. The third-order valence-corrected chi connectivity index (χ3v) is 7.37. The number of piperazine rings is 1. The molecular formula is C28H36ClN3O2. The van der Waals surface area contributed by atoms with Crippen LogP contribution in [0.25, 0.3) is 10.8 Å². The molecule has 0 aromatic heterocycles. The van der Waals surface area contributed by atoms with Crippen molar-refractivity contribution in [2.45, 2.75) is 44.9 Å². The van der Waals surface area contributed by atoms with Crippen molar-refractivity contribution < 1.29 is 9.84 Å². The topological polar surface area (TPSA) is 62.0 Å². The molecule has 0 saturated carbocycles. The minimum Gasteiger partial charge on any atom is -0.495 e. The second-order valence-corrected chi connectivity index (χ2v) is 9.65. The van der Waals surface area contributed by atoms with Crippen LogP contribution in [0.1, 0.15) is 43.4 Å². The van der Waals surface area contributed by atoms with Crippen LogP contribution in [0.3, 0.4) is 0 Å². The molecule has 0 unspecified atom stereocenters. The molecule has 0 radical (unpaired) electrons. The quantitative estimate of drug-likeness (QED) is 0.395. The fourth-order valence-electron chi connectivity index (χ4n) is 4.94. The Hall–Kier alpha value is -2.31. The number of anilines is 1. The van der Waals surface area contributed by atoms with Crippen molar-refractivity contribution in [3.05, 3.63) is 70.7 Å². The van der Waals surface area contributed by atoms with Crippen molar-refractivity contribution in [3.63, 3.8) is 0 Å². The Labute approximate surface area is 208 Å². The van der Waals surface area contributed by atoms with Gasteiger partial charge in [0.1, 0.15) is 5.75 Å². The molecule has 182 valence electrons. The van der Waals surface area contributed by atoms with Crippen molar-refractivity contribution >= 4 is 28.1 Å². The van der Waals surface area contributed by atoms with E-state index in [1.54, 1.807) is 7.11 Å². The van der Waals surface area contributed by atoms with Crippen LogP contribution in [0.2, 0.25) is 5.02 Å². The molecule has 0 bridgehead atoms. The summed E-state index contributed by atoms with van der Waals surface area (Å²) in [6.07, 6.45) is 2.66. The molecule has 2 atom stereocenters. The summed E-state index contributed by atoms with van der Waals surface area (Å²) in [6, 6.07) is 18.2. The van der Waals surface area contributed by atoms with E-state index < -0.39 is 6.10 Å². The zero-order valence-electron chi connectivity index (χ0n) is 20.2. The lowest BCUT2D eigenvalue weighted by molar-refractivity contribution is 0.0113. The first-order chi connectivity index (χ1) is 16.5. The van der Waals surface area contributed by atoms with Gasteiger partial charge in [0, 0.05) is 49.8 Å². The maximum Gasteiger partial charge on any atom is 0.138 e. The van der Waals surface area contributed by atoms with E-state index in [1.165, 1.54) is 5.56 Å². The molecule has 5 nitrogen and oxygen atoms in total. The van der Waals surface area contributed by atoms with E-state index in [0.717, 1.165) is 74.0 Å². The minimum absolute atomic E-state index is 0.102. The van der Waals surface area contributed by atoms with Gasteiger partial charge in [-0.3, -0.25) is 9.80 Å². The Morgan fingerprint density at radius 1 is 1.03 bits per heavy atom. The number of rotatable bonds is 9. The fourth-order valence-corrected chi connectivity index (χ4v) is 5.25. The molecule has 1 aliphatic heterocycles. The van der Waals surface area contributed by atoms with Gasteiger partial charge in [-0.2, -0.15) is 0 Å². The first-order valence-electron chi connectivity index (χ1n) is 12.2. The van der Waals surface area contributed by atoms with Crippen LogP contribution in [0.4, 0.5) is 5.69 Å². The predicted molar refractivity (Wildman–Crippen MR) is 141 cm³/mol. The normalized spacial score (nSPS) is 17.1. The van der Waals surface area contributed by atoms with Gasteiger partial charge < -0.3 is 15.6 Å². The van der Waals surface area contributed by atoms with Gasteiger partial charge in [0.05, 0.1) is 18.2 Å². The number of methoxy groups -OCH3 is 1. The first-order valence-corrected chi connectivity index (χ1v) is 12.6. The number of benzene rings is 3. The van der Waals surface area contributed by atoms with E-state index in [9.17, 15) is 5.11 Å². The van der Waals surface area contributed by atoms with Crippen molar-refractivity contribution in [2.75, 3.05) is 39.0 Å². The minimum atomic E-state index is -0.541. The smallest absolute Gasteiger partial charge is 0.138 e. The zero-order valence-corrected chi connectivity index (χ0v) is 21.0. The molecule has 1 heterocycles. The van der Waals surface area contributed by atoms with E-state index in [1.807, 2.05) is 36.4 Å². The van der Waals surface area contributed by atoms with Crippen molar-refractivity contribution in [1.82, 2.24) is 9.80 Å². The highest BCUT2D eigenvalue weighted by molar-refractivity contribution is 6.37. The molecule has 0 spiro atoms. The molecule has 3 aromatic rings. The van der Waals surface area contributed by atoms with Gasteiger partial charge >= 0.3 is 0 Å². The third kappa shape index (κ3) is 5.66. The molecule has 4 rings (SSSR count). The van der Waals surface area contributed by atoms with Crippen molar-refractivity contribution in [2.24, 2.45) is 0 Å². The lowest BCUT2D eigenvalue weighted by atomic mass is 9.94. The highest BCUT2D eigenvalue weighted by Crippen LogP contribution is 2.35. The second-order valence-electron chi connectivity index (χ2n) is 9.27. The van der Waals surface area contributed by atoms with E-state index in [0.29, 0.717) is 10.8 Å². The van der Waals surface area contributed by atoms with Gasteiger partial charge in [-0.05, 0) is 47.2 Å². The predicted octanol–water partition coefficient (Wildman–Crippen LogP) is 5.49. The summed E-state index contributed by atoms with van der Waals surface area (Å²) in [6.45, 7) is 7.04. The Morgan fingerprint density at radius 2 is 1.76 bits per heavy atom. The number of fused-ring (bicyclic) bond motifs is 1. The van der Waals surface area contributed by atoms with Crippen LogP contribution >= 0.6 is 11.6 Å². The van der Waals surface area contributed by atoms with E-state index in [2.05, 4.69) is 34.9 Å². The lowest BCUT2D eigenvalue weighted by Crippen LogP contribution is -2.51. The second kappa shape index (κ2) is 11.4. The molecular weight excluding hydrogens is 446 g/mol. The number of hydrogen-bond donors (Lipinski definition) is 2. The Morgan fingerprint density at radius 3 is 2.44 bits per heavy atom. The monoisotopic (exact) mass is 481 g/mol. The summed E-state index contributed by atoms with van der Waals surface area (Å²) in [5.41, 5.74) is 8.86. The average molecular weight is 482 g/mol. The number of nitrogens with two attached hydrogens (primary N) is 1. The number of hydrogen-bond acceptors (Lipinski definition) is 5.